The molecule has 0 N–H and O–H groups in total. The van der Waals surface area contributed by atoms with E-state index in [0.717, 1.165) is 29.5 Å². The summed E-state index contributed by atoms with van der Waals surface area (Å²) in [5.41, 5.74) is 3.79. The average molecular weight is 264 g/mol. The van der Waals surface area contributed by atoms with E-state index < -0.39 is 0 Å². The van der Waals surface area contributed by atoms with Gasteiger partial charge in [-0.25, -0.2) is 4.79 Å². The van der Waals surface area contributed by atoms with E-state index in [-0.39, 0.29) is 5.63 Å². The predicted octanol–water partition coefficient (Wildman–Crippen LogP) is 3.67. The zero-order chi connectivity index (χ0) is 13.5. The molecule has 1 aliphatic rings. The summed E-state index contributed by atoms with van der Waals surface area (Å²) in [5.74, 6) is 1.40. The van der Waals surface area contributed by atoms with Crippen LogP contribution in [0.1, 0.15) is 11.1 Å². The van der Waals surface area contributed by atoms with Gasteiger partial charge < -0.3 is 8.83 Å². The molecule has 0 bridgehead atoms. The first kappa shape index (κ1) is 11.3. The van der Waals surface area contributed by atoms with E-state index in [9.17, 15) is 4.79 Å². The van der Waals surface area contributed by atoms with Crippen LogP contribution in [0.15, 0.2) is 62.4 Å². The van der Waals surface area contributed by atoms with E-state index in [4.69, 9.17) is 8.83 Å². The van der Waals surface area contributed by atoms with Crippen molar-refractivity contribution in [2.24, 2.45) is 0 Å². The Labute approximate surface area is 115 Å². The Morgan fingerprint density at radius 3 is 2.70 bits per heavy atom. The van der Waals surface area contributed by atoms with Gasteiger partial charge >= 0.3 is 5.63 Å². The van der Waals surface area contributed by atoms with Crippen LogP contribution in [0.2, 0.25) is 0 Å². The second-order valence-corrected chi connectivity index (χ2v) is 4.92. The van der Waals surface area contributed by atoms with E-state index in [1.807, 2.05) is 30.3 Å². The molecule has 0 aliphatic heterocycles. The van der Waals surface area contributed by atoms with Crippen LogP contribution in [-0.4, -0.2) is 0 Å². The fraction of sp³-hybridized carbons (Fsp3) is 0.118. The van der Waals surface area contributed by atoms with E-state index in [0.29, 0.717) is 11.5 Å². The molecule has 0 fully saturated rings. The fourth-order valence-electron chi connectivity index (χ4n) is 2.86. The Balaban J connectivity index is 2.04. The molecule has 3 aromatic rings. The first-order chi connectivity index (χ1) is 9.83. The Morgan fingerprint density at radius 2 is 1.85 bits per heavy atom. The summed E-state index contributed by atoms with van der Waals surface area (Å²) in [6.07, 6.45) is 3.42. The Morgan fingerprint density at radius 1 is 0.950 bits per heavy atom. The largest absolute Gasteiger partial charge is 0.464 e. The first-order valence-corrected chi connectivity index (χ1v) is 6.62. The van der Waals surface area contributed by atoms with Crippen LogP contribution in [0.4, 0.5) is 0 Å². The van der Waals surface area contributed by atoms with Crippen LogP contribution in [-0.2, 0) is 12.8 Å². The molecule has 20 heavy (non-hydrogen) atoms. The van der Waals surface area contributed by atoms with E-state index in [1.165, 1.54) is 11.6 Å². The minimum atomic E-state index is -0.341. The summed E-state index contributed by atoms with van der Waals surface area (Å²) < 4.78 is 10.9. The molecule has 0 unspecified atom stereocenters. The van der Waals surface area contributed by atoms with Gasteiger partial charge in [0.2, 0.25) is 0 Å². The molecule has 98 valence electrons. The fourth-order valence-corrected chi connectivity index (χ4v) is 2.86. The van der Waals surface area contributed by atoms with Crippen molar-refractivity contribution >= 4 is 0 Å². The maximum atomic E-state index is 11.9. The maximum absolute atomic E-state index is 11.9. The van der Waals surface area contributed by atoms with Crippen LogP contribution in [0.25, 0.3) is 22.6 Å². The molecule has 0 radical (unpaired) electrons. The highest BCUT2D eigenvalue weighted by molar-refractivity contribution is 5.75. The lowest BCUT2D eigenvalue weighted by Gasteiger charge is -2.19. The summed E-state index contributed by atoms with van der Waals surface area (Å²) in [4.78, 5) is 11.9. The SMILES string of the molecule is O=c1cc(-c2ccco2)c2c(o1)-c1ccccc1CC2. The van der Waals surface area contributed by atoms with Gasteiger partial charge in [0.05, 0.1) is 6.26 Å². The van der Waals surface area contributed by atoms with Gasteiger partial charge in [-0.1, -0.05) is 24.3 Å². The average Bonchev–Trinajstić information content (AvgIpc) is 3.00. The number of fused-ring (bicyclic) bond motifs is 3. The number of furan rings is 1. The zero-order valence-electron chi connectivity index (χ0n) is 10.8. The van der Waals surface area contributed by atoms with Gasteiger partial charge in [-0.3, -0.25) is 0 Å². The summed E-state index contributed by atoms with van der Waals surface area (Å²) >= 11 is 0. The minimum Gasteiger partial charge on any atom is -0.464 e. The Kier molecular flexibility index (Phi) is 2.39. The van der Waals surface area contributed by atoms with Crippen LogP contribution >= 0.6 is 0 Å². The second-order valence-electron chi connectivity index (χ2n) is 4.92. The second kappa shape index (κ2) is 4.23. The van der Waals surface area contributed by atoms with Gasteiger partial charge in [0.15, 0.2) is 0 Å². The number of hydrogen-bond donors (Lipinski definition) is 0. The van der Waals surface area contributed by atoms with Crippen molar-refractivity contribution in [1.82, 2.24) is 0 Å². The molecule has 0 amide bonds. The maximum Gasteiger partial charge on any atom is 0.336 e. The summed E-state index contributed by atoms with van der Waals surface area (Å²) in [6, 6.07) is 13.3. The van der Waals surface area contributed by atoms with E-state index in [1.54, 1.807) is 6.26 Å². The molecule has 3 heteroatoms. The third kappa shape index (κ3) is 1.63. The van der Waals surface area contributed by atoms with Crippen molar-refractivity contribution in [2.75, 3.05) is 0 Å². The predicted molar refractivity (Wildman–Crippen MR) is 75.5 cm³/mol. The molecule has 4 rings (SSSR count). The normalized spacial score (nSPS) is 12.8. The molecule has 2 aromatic heterocycles. The first-order valence-electron chi connectivity index (χ1n) is 6.62. The molecule has 0 saturated heterocycles. The Hall–Kier alpha value is -2.55. The van der Waals surface area contributed by atoms with Crippen molar-refractivity contribution in [3.8, 4) is 22.6 Å². The molecule has 2 heterocycles. The van der Waals surface area contributed by atoms with E-state index in [2.05, 4.69) is 6.07 Å². The number of aryl methyl sites for hydroxylation is 1. The third-order valence-corrected chi connectivity index (χ3v) is 3.76. The lowest BCUT2D eigenvalue weighted by atomic mass is 9.87. The molecular formula is C17H12O3. The molecule has 0 saturated carbocycles. The lowest BCUT2D eigenvalue weighted by molar-refractivity contribution is 0.513. The molecule has 0 spiro atoms. The van der Waals surface area contributed by atoms with Gasteiger partial charge in [-0.05, 0) is 30.5 Å². The van der Waals surface area contributed by atoms with Crippen molar-refractivity contribution < 1.29 is 8.83 Å². The number of hydrogen-bond acceptors (Lipinski definition) is 3. The van der Waals surface area contributed by atoms with Crippen LogP contribution in [0.5, 0.6) is 0 Å². The van der Waals surface area contributed by atoms with Gasteiger partial charge in [0.1, 0.15) is 11.5 Å². The van der Waals surface area contributed by atoms with Gasteiger partial charge in [0.25, 0.3) is 0 Å². The van der Waals surface area contributed by atoms with Gasteiger partial charge in [-0.2, -0.15) is 0 Å². The summed E-state index contributed by atoms with van der Waals surface area (Å²) in [6.45, 7) is 0. The topological polar surface area (TPSA) is 43.4 Å². The van der Waals surface area contributed by atoms with Crippen molar-refractivity contribution in [1.29, 1.82) is 0 Å². The van der Waals surface area contributed by atoms with Gasteiger partial charge in [-0.15, -0.1) is 0 Å². The van der Waals surface area contributed by atoms with Crippen molar-refractivity contribution in [3.63, 3.8) is 0 Å². The van der Waals surface area contributed by atoms with Crippen molar-refractivity contribution in [2.45, 2.75) is 12.8 Å². The third-order valence-electron chi connectivity index (χ3n) is 3.76. The van der Waals surface area contributed by atoms with Crippen LogP contribution < -0.4 is 5.63 Å². The highest BCUT2D eigenvalue weighted by Gasteiger charge is 2.23. The van der Waals surface area contributed by atoms with Gasteiger partial charge in [0, 0.05) is 22.8 Å². The quantitative estimate of drug-likeness (QED) is 0.673. The summed E-state index contributed by atoms with van der Waals surface area (Å²) in [7, 11) is 0. The summed E-state index contributed by atoms with van der Waals surface area (Å²) in [5, 5.41) is 0. The number of benzene rings is 1. The van der Waals surface area contributed by atoms with E-state index >= 15 is 0 Å². The smallest absolute Gasteiger partial charge is 0.336 e. The minimum absolute atomic E-state index is 0.341. The molecule has 1 aromatic carbocycles. The highest BCUT2D eigenvalue weighted by atomic mass is 16.4. The molecule has 1 aliphatic carbocycles. The van der Waals surface area contributed by atoms with Crippen LogP contribution in [0.3, 0.4) is 0 Å². The lowest BCUT2D eigenvalue weighted by Crippen LogP contribution is -2.10. The van der Waals surface area contributed by atoms with Crippen LogP contribution in [0, 0.1) is 0 Å². The standard InChI is InChI=1S/C17H12O3/c18-16-10-14(15-6-3-9-19-15)13-8-7-11-4-1-2-5-12(11)17(13)20-16/h1-6,9-10H,7-8H2. The zero-order valence-corrected chi connectivity index (χ0v) is 10.8. The highest BCUT2D eigenvalue weighted by Crippen LogP contribution is 2.37. The molecule has 0 atom stereocenters. The van der Waals surface area contributed by atoms with Crippen molar-refractivity contribution in [3.05, 3.63) is 70.3 Å². The number of rotatable bonds is 1. The molecular weight excluding hydrogens is 252 g/mol. The Bertz CT molecular complexity index is 826. The molecule has 3 nitrogen and oxygen atoms in total. The monoisotopic (exact) mass is 264 g/mol.